The van der Waals surface area contributed by atoms with Crippen molar-refractivity contribution < 1.29 is 0 Å². The Morgan fingerprint density at radius 1 is 0.625 bits per heavy atom. The number of hydrogen-bond acceptors (Lipinski definition) is 3. The molecule has 0 radical (unpaired) electrons. The maximum atomic E-state index is 4.41. The average Bonchev–Trinajstić information content (AvgIpc) is 3.51. The molecule has 0 bridgehead atoms. The molecular weight excluding hydrogens is 394 g/mol. The number of aryl methyl sites for hydroxylation is 3. The fourth-order valence-electron chi connectivity index (χ4n) is 4.32. The average molecular weight is 420 g/mol. The van der Waals surface area contributed by atoms with Gasteiger partial charge < -0.3 is 4.90 Å². The van der Waals surface area contributed by atoms with Gasteiger partial charge in [-0.2, -0.15) is 10.2 Å². The van der Waals surface area contributed by atoms with E-state index >= 15 is 0 Å². The van der Waals surface area contributed by atoms with Crippen LogP contribution in [0.4, 0.5) is 17.1 Å². The molecule has 0 aliphatic carbocycles. The molecule has 0 aliphatic rings. The Morgan fingerprint density at radius 2 is 1.12 bits per heavy atom. The predicted octanol–water partition coefficient (Wildman–Crippen LogP) is 6.45. The summed E-state index contributed by atoms with van der Waals surface area (Å²) in [6, 6.07) is 25.3. The smallest absolute Gasteiger partial charge is 0.0666 e. The van der Waals surface area contributed by atoms with E-state index in [9.17, 15) is 0 Å². The van der Waals surface area contributed by atoms with Gasteiger partial charge in [-0.15, -0.1) is 0 Å². The fourth-order valence-corrected chi connectivity index (χ4v) is 4.32. The van der Waals surface area contributed by atoms with E-state index in [4.69, 9.17) is 0 Å². The topological polar surface area (TPSA) is 38.9 Å². The van der Waals surface area contributed by atoms with Crippen molar-refractivity contribution in [3.63, 3.8) is 0 Å². The number of aromatic nitrogens is 4. The van der Waals surface area contributed by atoms with Crippen molar-refractivity contribution in [1.29, 1.82) is 0 Å². The highest BCUT2D eigenvalue weighted by Gasteiger charge is 2.18. The van der Waals surface area contributed by atoms with E-state index in [-0.39, 0.29) is 0 Å². The van der Waals surface area contributed by atoms with E-state index < -0.39 is 0 Å². The molecule has 2 aromatic heterocycles. The van der Waals surface area contributed by atoms with Crippen molar-refractivity contribution in [3.8, 4) is 11.4 Å². The summed E-state index contributed by atoms with van der Waals surface area (Å²) in [4.78, 5) is 2.32. The third-order valence-electron chi connectivity index (χ3n) is 5.57. The lowest BCUT2D eigenvalue weighted by Gasteiger charge is -2.29. The van der Waals surface area contributed by atoms with E-state index in [0.29, 0.717) is 0 Å². The van der Waals surface area contributed by atoms with E-state index in [1.165, 1.54) is 22.4 Å². The third kappa shape index (κ3) is 3.69. The maximum Gasteiger partial charge on any atom is 0.0666 e. The molecule has 158 valence electrons. The molecule has 0 N–H and O–H groups in total. The van der Waals surface area contributed by atoms with Crippen molar-refractivity contribution in [2.75, 3.05) is 4.90 Å². The molecule has 0 aliphatic heterocycles. The summed E-state index contributed by atoms with van der Waals surface area (Å²) >= 11 is 0. The standard InChI is InChI=1S/C27H25N5/c1-20-16-21(2)27(22(3)17-20)32(25-10-4-8-23(18-25)30-14-6-12-28-30)26-11-5-9-24(19-26)31-15-7-13-29-31/h4-19H,1-3H3. The van der Waals surface area contributed by atoms with E-state index in [1.54, 1.807) is 12.4 Å². The van der Waals surface area contributed by atoms with Crippen LogP contribution in [0.25, 0.3) is 11.4 Å². The van der Waals surface area contributed by atoms with Crippen LogP contribution in [0.3, 0.4) is 0 Å². The van der Waals surface area contributed by atoms with Gasteiger partial charge in [0.05, 0.1) is 17.1 Å². The molecule has 2 heterocycles. The monoisotopic (exact) mass is 419 g/mol. The molecule has 0 saturated heterocycles. The molecule has 0 unspecified atom stereocenters. The zero-order valence-electron chi connectivity index (χ0n) is 18.5. The summed E-state index contributed by atoms with van der Waals surface area (Å²) in [6.45, 7) is 6.50. The Labute approximate surface area is 188 Å². The Kier molecular flexibility index (Phi) is 5.07. The predicted molar refractivity (Wildman–Crippen MR) is 130 cm³/mol. The van der Waals surface area contributed by atoms with Crippen molar-refractivity contribution in [1.82, 2.24) is 19.6 Å². The zero-order valence-corrected chi connectivity index (χ0v) is 18.5. The Balaban J connectivity index is 1.71. The van der Waals surface area contributed by atoms with Gasteiger partial charge in [0.2, 0.25) is 0 Å². The van der Waals surface area contributed by atoms with E-state index in [0.717, 1.165) is 22.7 Å². The summed E-state index contributed by atoms with van der Waals surface area (Å²) < 4.78 is 3.77. The summed E-state index contributed by atoms with van der Waals surface area (Å²) in [6.07, 6.45) is 7.52. The number of nitrogens with zero attached hydrogens (tertiary/aromatic N) is 5. The van der Waals surface area contributed by atoms with Gasteiger partial charge in [0.15, 0.2) is 0 Å². The summed E-state index contributed by atoms with van der Waals surface area (Å²) in [5.41, 5.74) is 9.10. The highest BCUT2D eigenvalue weighted by atomic mass is 15.3. The number of anilines is 3. The van der Waals surface area contributed by atoms with Crippen molar-refractivity contribution in [2.24, 2.45) is 0 Å². The zero-order chi connectivity index (χ0) is 22.1. The van der Waals surface area contributed by atoms with E-state index in [1.807, 2.05) is 33.9 Å². The highest BCUT2D eigenvalue weighted by Crippen LogP contribution is 2.40. The largest absolute Gasteiger partial charge is 0.310 e. The third-order valence-corrected chi connectivity index (χ3v) is 5.57. The van der Waals surface area contributed by atoms with E-state index in [2.05, 4.69) is 96.5 Å². The quantitative estimate of drug-likeness (QED) is 0.328. The highest BCUT2D eigenvalue weighted by molar-refractivity contribution is 5.82. The summed E-state index contributed by atoms with van der Waals surface area (Å²) in [5.74, 6) is 0. The molecule has 5 heteroatoms. The Hall–Kier alpha value is -4.12. The Morgan fingerprint density at radius 3 is 1.56 bits per heavy atom. The van der Waals surface area contributed by atoms with Crippen molar-refractivity contribution >= 4 is 17.1 Å². The van der Waals surface area contributed by atoms with Gasteiger partial charge in [0, 0.05) is 36.2 Å². The van der Waals surface area contributed by atoms with Gasteiger partial charge in [-0.25, -0.2) is 9.36 Å². The van der Waals surface area contributed by atoms with Gasteiger partial charge in [-0.1, -0.05) is 29.8 Å². The van der Waals surface area contributed by atoms with Crippen molar-refractivity contribution in [3.05, 3.63) is 114 Å². The minimum absolute atomic E-state index is 1.02. The van der Waals surface area contributed by atoms with Crippen LogP contribution in [0.5, 0.6) is 0 Å². The second-order valence-corrected chi connectivity index (χ2v) is 8.02. The molecular formula is C27H25N5. The maximum absolute atomic E-state index is 4.41. The fraction of sp³-hybridized carbons (Fsp3) is 0.111. The van der Waals surface area contributed by atoms with Crippen LogP contribution in [0.2, 0.25) is 0 Å². The van der Waals surface area contributed by atoms with Gasteiger partial charge in [0.1, 0.15) is 0 Å². The molecule has 0 amide bonds. The summed E-state index contributed by atoms with van der Waals surface area (Å²) in [5, 5.41) is 8.83. The molecule has 0 spiro atoms. The molecule has 0 atom stereocenters. The van der Waals surface area contributed by atoms with Crippen LogP contribution in [-0.4, -0.2) is 19.6 Å². The first kappa shape index (κ1) is 19.8. The molecule has 3 aromatic carbocycles. The van der Waals surface area contributed by atoms with Gasteiger partial charge in [-0.05, 0) is 80.4 Å². The second kappa shape index (κ2) is 8.19. The first-order valence-corrected chi connectivity index (χ1v) is 10.7. The van der Waals surface area contributed by atoms with Crippen LogP contribution in [0.1, 0.15) is 16.7 Å². The molecule has 5 aromatic rings. The lowest BCUT2D eigenvalue weighted by molar-refractivity contribution is 0.878. The minimum atomic E-state index is 1.02. The minimum Gasteiger partial charge on any atom is -0.310 e. The number of rotatable bonds is 5. The van der Waals surface area contributed by atoms with Gasteiger partial charge in [0.25, 0.3) is 0 Å². The number of benzene rings is 3. The second-order valence-electron chi connectivity index (χ2n) is 8.02. The molecule has 32 heavy (non-hydrogen) atoms. The Bertz CT molecular complexity index is 1250. The van der Waals surface area contributed by atoms with Crippen LogP contribution >= 0.6 is 0 Å². The van der Waals surface area contributed by atoms with Crippen LogP contribution < -0.4 is 4.90 Å². The molecule has 5 nitrogen and oxygen atoms in total. The number of hydrogen-bond donors (Lipinski definition) is 0. The van der Waals surface area contributed by atoms with Crippen LogP contribution in [0, 0.1) is 20.8 Å². The molecule has 5 rings (SSSR count). The molecule has 0 saturated carbocycles. The first-order valence-electron chi connectivity index (χ1n) is 10.7. The lowest BCUT2D eigenvalue weighted by atomic mass is 10.0. The summed E-state index contributed by atoms with van der Waals surface area (Å²) in [7, 11) is 0. The van der Waals surface area contributed by atoms with Crippen molar-refractivity contribution in [2.45, 2.75) is 20.8 Å². The molecule has 0 fully saturated rings. The van der Waals surface area contributed by atoms with Gasteiger partial charge in [-0.3, -0.25) is 0 Å². The van der Waals surface area contributed by atoms with Gasteiger partial charge >= 0.3 is 0 Å². The SMILES string of the molecule is Cc1cc(C)c(N(c2cccc(-n3cccn3)c2)c2cccc(-n3cccn3)c2)c(C)c1. The van der Waals surface area contributed by atoms with Crippen LogP contribution in [-0.2, 0) is 0 Å². The van der Waals surface area contributed by atoms with Crippen LogP contribution in [0.15, 0.2) is 97.6 Å². The lowest BCUT2D eigenvalue weighted by Crippen LogP contribution is -2.14. The normalized spacial score (nSPS) is 11.0. The first-order chi connectivity index (χ1) is 15.6.